The number of halogens is 4. The molecule has 0 saturated heterocycles. The Morgan fingerprint density at radius 3 is 1.66 bits per heavy atom. The average Bonchev–Trinajstić information content (AvgIpc) is 3.95. The van der Waals surface area contributed by atoms with Gasteiger partial charge in [-0.15, -0.1) is 0 Å². The quantitative estimate of drug-likeness (QED) is 0.0920. The van der Waals surface area contributed by atoms with Crippen LogP contribution >= 0.6 is 0 Å². The molecule has 2 amide bonds. The number of alkyl halides is 4. The van der Waals surface area contributed by atoms with Gasteiger partial charge in [0, 0.05) is 41.5 Å². The zero-order chi connectivity index (χ0) is 43.9. The van der Waals surface area contributed by atoms with Crippen LogP contribution in [0.25, 0.3) is 6.08 Å². The first-order valence-electron chi connectivity index (χ1n) is 19.5. The highest BCUT2D eigenvalue weighted by Gasteiger charge is 2.51. The van der Waals surface area contributed by atoms with Crippen LogP contribution in [0.15, 0.2) is 113 Å². The van der Waals surface area contributed by atoms with Crippen LogP contribution in [0.1, 0.15) is 58.6 Å². The van der Waals surface area contributed by atoms with E-state index >= 15 is 0 Å². The summed E-state index contributed by atoms with van der Waals surface area (Å²) in [6.07, 6.45) is 6.75. The van der Waals surface area contributed by atoms with Gasteiger partial charge in [0.2, 0.25) is 0 Å². The predicted molar refractivity (Wildman–Crippen MR) is 222 cm³/mol. The summed E-state index contributed by atoms with van der Waals surface area (Å²) in [6, 6.07) is 27.1. The minimum Gasteiger partial charge on any atom is -0.435 e. The molecule has 1 saturated carbocycles. The number of nitrogens with zero attached hydrogens (tertiary/aromatic N) is 4. The minimum absolute atomic E-state index is 0.00511. The number of carbonyl (C=O) groups excluding carboxylic acids is 2. The van der Waals surface area contributed by atoms with Crippen LogP contribution in [0.2, 0.25) is 0 Å². The predicted octanol–water partition coefficient (Wildman–Crippen LogP) is 6.83. The summed E-state index contributed by atoms with van der Waals surface area (Å²) >= 11 is 0. The topological polar surface area (TPSA) is 154 Å². The third-order valence-electron chi connectivity index (χ3n) is 10.9. The van der Waals surface area contributed by atoms with Crippen LogP contribution in [0.3, 0.4) is 0 Å². The third kappa shape index (κ3) is 9.40. The molecule has 2 aliphatic heterocycles. The molecule has 1 fully saturated rings. The van der Waals surface area contributed by atoms with Crippen molar-refractivity contribution in [2.24, 2.45) is 27.4 Å². The lowest BCUT2D eigenvalue weighted by molar-refractivity contribution is -0.130. The van der Waals surface area contributed by atoms with Gasteiger partial charge < -0.3 is 30.4 Å². The third-order valence-corrected chi connectivity index (χ3v) is 10.9. The summed E-state index contributed by atoms with van der Waals surface area (Å²) in [5, 5.41) is 0. The van der Waals surface area contributed by atoms with E-state index in [9.17, 15) is 27.2 Å². The van der Waals surface area contributed by atoms with E-state index in [0.717, 1.165) is 37.0 Å². The van der Waals surface area contributed by atoms with Crippen molar-refractivity contribution in [3.05, 3.63) is 137 Å². The highest BCUT2D eigenvalue weighted by atomic mass is 19.3. The smallest absolute Gasteiger partial charge is 0.387 e. The molecule has 4 N–H and O–H groups in total. The number of carbonyl (C=O) groups is 2. The van der Waals surface area contributed by atoms with Crippen LogP contribution < -0.4 is 20.9 Å². The molecule has 0 aromatic heterocycles. The number of methoxy groups -OCH3 is 2. The van der Waals surface area contributed by atoms with Crippen LogP contribution in [-0.4, -0.2) is 88.3 Å². The Hall–Kier alpha value is -6.26. The molecule has 4 aromatic rings. The van der Waals surface area contributed by atoms with Crippen molar-refractivity contribution in [1.29, 1.82) is 0 Å². The van der Waals surface area contributed by atoms with E-state index in [-0.39, 0.29) is 35.2 Å². The van der Waals surface area contributed by atoms with Gasteiger partial charge in [0.1, 0.15) is 11.5 Å². The number of ether oxygens (including phenoxy) is 4. The van der Waals surface area contributed by atoms with Crippen molar-refractivity contribution in [2.75, 3.05) is 41.5 Å². The number of rotatable bonds is 16. The molecule has 2 heterocycles. The van der Waals surface area contributed by atoms with Crippen LogP contribution in [0.5, 0.6) is 11.5 Å². The van der Waals surface area contributed by atoms with E-state index < -0.39 is 24.3 Å². The minimum atomic E-state index is -2.93. The van der Waals surface area contributed by atoms with E-state index in [2.05, 4.69) is 25.5 Å². The summed E-state index contributed by atoms with van der Waals surface area (Å²) in [7, 11) is 6.46. The molecule has 7 rings (SSSR count). The molecule has 4 atom stereocenters. The highest BCUT2D eigenvalue weighted by Crippen LogP contribution is 2.51. The van der Waals surface area contributed by atoms with Crippen LogP contribution in [-0.2, 0) is 30.1 Å². The van der Waals surface area contributed by atoms with Gasteiger partial charge in [-0.3, -0.25) is 19.4 Å². The fraction of sp³-hybridized carbons (Fsp3) is 0.333. The SMILES string of the molecule is COCC/C=C/c1cccc(C2(c3ccc(OC(F)F)cc3)N=C(N)N(C)C2=O)c1.COCCC1CC1c1cccc(C2(c3ccc(OC(F)F)cc3)N=C(N)N(C)C2=O)c1. The number of amides is 2. The van der Waals surface area contributed by atoms with E-state index in [4.69, 9.17) is 20.9 Å². The van der Waals surface area contributed by atoms with Crippen molar-refractivity contribution >= 4 is 29.8 Å². The lowest BCUT2D eigenvalue weighted by Crippen LogP contribution is -2.41. The Morgan fingerprint density at radius 1 is 0.705 bits per heavy atom. The molecule has 3 aliphatic rings. The number of nitrogens with two attached hydrogens (primary N) is 2. The molecule has 16 heteroatoms. The Balaban J connectivity index is 0.000000204. The second-order valence-corrected chi connectivity index (χ2v) is 14.7. The maximum Gasteiger partial charge on any atom is 0.387 e. The van der Waals surface area contributed by atoms with Crippen molar-refractivity contribution in [2.45, 2.75) is 49.5 Å². The lowest BCUT2D eigenvalue weighted by Gasteiger charge is -2.26. The summed E-state index contributed by atoms with van der Waals surface area (Å²) in [5.41, 5.74) is 13.6. The number of benzene rings is 4. The normalized spacial score (nSPS) is 22.1. The largest absolute Gasteiger partial charge is 0.435 e. The van der Waals surface area contributed by atoms with Gasteiger partial charge in [-0.1, -0.05) is 78.9 Å². The monoisotopic (exact) mass is 844 g/mol. The molecule has 0 radical (unpaired) electrons. The molecule has 12 nitrogen and oxygen atoms in total. The molecular weight excluding hydrogens is 797 g/mol. The number of likely N-dealkylation sites (N-methyl/N-ethyl adjacent to an activating group) is 2. The van der Waals surface area contributed by atoms with Crippen molar-refractivity contribution in [3.8, 4) is 11.5 Å². The molecule has 61 heavy (non-hydrogen) atoms. The molecule has 0 spiro atoms. The molecule has 4 unspecified atom stereocenters. The standard InChI is InChI=1S/C23H25F2N3O3.C22H23F2N3O3/c1-28-20(29)23(27-22(28)26,16-6-8-18(9-7-16)31-21(24)25)17-5-3-4-14(12-17)19-13-15(19)10-11-30-2;1-27-19(28)22(26-21(27)25,16-9-11-18(12-10-16)30-20(23)24)17-8-5-7-15(14-17)6-3-4-13-29-2/h3-9,12,15,19,21H,10-11,13H2,1-2H3,(H2,26,27);3,5-12,14,20H,4,13H2,1-2H3,(H2,25,26)/b;6-3+. The maximum atomic E-state index is 13.4. The first kappa shape index (κ1) is 44.3. The van der Waals surface area contributed by atoms with Crippen molar-refractivity contribution < 1.29 is 46.1 Å². The summed E-state index contributed by atoms with van der Waals surface area (Å²) in [4.78, 5) is 38.3. The van der Waals surface area contributed by atoms with E-state index in [1.807, 2.05) is 48.6 Å². The first-order chi connectivity index (χ1) is 29.2. The highest BCUT2D eigenvalue weighted by molar-refractivity contribution is 6.09. The fourth-order valence-electron chi connectivity index (χ4n) is 7.63. The lowest BCUT2D eigenvalue weighted by atomic mass is 9.81. The van der Waals surface area contributed by atoms with Gasteiger partial charge in [-0.25, -0.2) is 9.98 Å². The van der Waals surface area contributed by atoms with Gasteiger partial charge >= 0.3 is 13.2 Å². The first-order valence-corrected chi connectivity index (χ1v) is 19.5. The zero-order valence-corrected chi connectivity index (χ0v) is 34.1. The second-order valence-electron chi connectivity index (χ2n) is 14.7. The fourth-order valence-corrected chi connectivity index (χ4v) is 7.63. The van der Waals surface area contributed by atoms with Gasteiger partial charge in [-0.2, -0.15) is 17.6 Å². The van der Waals surface area contributed by atoms with E-state index in [0.29, 0.717) is 40.7 Å². The van der Waals surface area contributed by atoms with Gasteiger partial charge in [0.05, 0.1) is 0 Å². The Labute approximate surface area is 351 Å². The molecule has 0 bridgehead atoms. The van der Waals surface area contributed by atoms with Crippen molar-refractivity contribution in [3.63, 3.8) is 0 Å². The molecule has 322 valence electrons. The summed E-state index contributed by atoms with van der Waals surface area (Å²) in [5.74, 6) is 0.546. The van der Waals surface area contributed by atoms with Gasteiger partial charge in [0.25, 0.3) is 11.8 Å². The number of hydrogen-bond acceptors (Lipinski definition) is 10. The molecule has 4 aromatic carbocycles. The molecule has 1 aliphatic carbocycles. The van der Waals surface area contributed by atoms with Gasteiger partial charge in [0.15, 0.2) is 23.0 Å². The van der Waals surface area contributed by atoms with Gasteiger partial charge in [-0.05, 0) is 94.8 Å². The Bertz CT molecular complexity index is 2270. The Morgan fingerprint density at radius 2 is 1.20 bits per heavy atom. The Kier molecular flexibility index (Phi) is 13.8. The van der Waals surface area contributed by atoms with Crippen LogP contribution in [0, 0.1) is 5.92 Å². The second kappa shape index (κ2) is 19.0. The summed E-state index contributed by atoms with van der Waals surface area (Å²) in [6.45, 7) is -4.52. The number of guanidine groups is 2. The maximum absolute atomic E-state index is 13.4. The van der Waals surface area contributed by atoms with E-state index in [1.54, 1.807) is 58.6 Å². The number of hydrogen-bond donors (Lipinski definition) is 2. The van der Waals surface area contributed by atoms with Crippen molar-refractivity contribution in [1.82, 2.24) is 9.80 Å². The summed E-state index contributed by atoms with van der Waals surface area (Å²) < 4.78 is 69.1. The molecular formula is C45H48F4N6O6. The van der Waals surface area contributed by atoms with Crippen LogP contribution in [0.4, 0.5) is 17.6 Å². The van der Waals surface area contributed by atoms with E-state index in [1.165, 1.54) is 34.1 Å². The average molecular weight is 845 g/mol. The number of aliphatic imine (C=N–C) groups is 2. The zero-order valence-electron chi connectivity index (χ0n) is 34.1.